The summed E-state index contributed by atoms with van der Waals surface area (Å²) in [4.78, 5) is 17.0. The van der Waals surface area contributed by atoms with Gasteiger partial charge in [0.05, 0.1) is 5.52 Å². The van der Waals surface area contributed by atoms with Crippen LogP contribution in [0.15, 0.2) is 54.7 Å². The highest BCUT2D eigenvalue weighted by molar-refractivity contribution is 5.99. The second kappa shape index (κ2) is 6.16. The number of amides is 1. The third kappa shape index (κ3) is 3.05. The summed E-state index contributed by atoms with van der Waals surface area (Å²) in [7, 11) is 0. The van der Waals surface area contributed by atoms with Crippen LogP contribution >= 0.6 is 0 Å². The quantitative estimate of drug-likeness (QED) is 0.757. The van der Waals surface area contributed by atoms with E-state index in [9.17, 15) is 18.0 Å². The lowest BCUT2D eigenvalue weighted by Gasteiger charge is -2.21. The number of aromatic nitrogens is 2. The van der Waals surface area contributed by atoms with Gasteiger partial charge in [-0.3, -0.25) is 4.79 Å². The minimum absolute atomic E-state index is 0.0146. The number of halogens is 3. The number of hydrogen-bond donors (Lipinski definition) is 1. The van der Waals surface area contributed by atoms with Gasteiger partial charge in [0.25, 0.3) is 5.91 Å². The highest BCUT2D eigenvalue weighted by Crippen LogP contribution is 2.40. The van der Waals surface area contributed by atoms with Gasteiger partial charge in [-0.25, -0.2) is 4.98 Å². The van der Waals surface area contributed by atoms with Crippen molar-refractivity contribution in [1.29, 1.82) is 0 Å². The molecule has 0 saturated heterocycles. The number of carbonyl (C=O) groups excluding carboxylic acids is 1. The van der Waals surface area contributed by atoms with Crippen LogP contribution in [-0.4, -0.2) is 21.5 Å². The summed E-state index contributed by atoms with van der Waals surface area (Å²) in [5, 5.41) is 2.11. The fourth-order valence-corrected chi connectivity index (χ4v) is 3.06. The van der Waals surface area contributed by atoms with E-state index in [1.165, 1.54) is 24.3 Å². The minimum atomic E-state index is -4.61. The van der Waals surface area contributed by atoms with E-state index in [4.69, 9.17) is 0 Å². The minimum Gasteiger partial charge on any atom is -0.335 e. The number of alkyl halides is 3. The van der Waals surface area contributed by atoms with Crippen molar-refractivity contribution in [1.82, 2.24) is 14.7 Å². The lowest BCUT2D eigenvalue weighted by atomic mass is 10.1. The molecule has 1 fully saturated rings. The average molecular weight is 359 g/mol. The predicted molar refractivity (Wildman–Crippen MR) is 89.9 cm³/mol. The summed E-state index contributed by atoms with van der Waals surface area (Å²) in [6.45, 7) is 0. The van der Waals surface area contributed by atoms with E-state index in [0.29, 0.717) is 5.52 Å². The molecule has 2 aromatic heterocycles. The van der Waals surface area contributed by atoms with Crippen LogP contribution in [0.2, 0.25) is 0 Å². The molecule has 1 atom stereocenters. The molecule has 1 aliphatic carbocycles. The van der Waals surface area contributed by atoms with Gasteiger partial charge in [0.15, 0.2) is 11.7 Å². The summed E-state index contributed by atoms with van der Waals surface area (Å²) in [6, 6.07) is 10.5. The molecule has 3 aromatic rings. The van der Waals surface area contributed by atoms with Crippen molar-refractivity contribution in [2.45, 2.75) is 31.0 Å². The van der Waals surface area contributed by atoms with Gasteiger partial charge in [0, 0.05) is 12.1 Å². The number of benzene rings is 1. The molecule has 1 amide bonds. The first kappa shape index (κ1) is 16.6. The molecule has 26 heavy (non-hydrogen) atoms. The van der Waals surface area contributed by atoms with Crippen LogP contribution < -0.4 is 5.32 Å². The van der Waals surface area contributed by atoms with Gasteiger partial charge in [-0.2, -0.15) is 13.2 Å². The first-order valence-corrected chi connectivity index (χ1v) is 8.34. The van der Waals surface area contributed by atoms with Crippen molar-refractivity contribution >= 4 is 11.4 Å². The summed E-state index contributed by atoms with van der Waals surface area (Å²) in [5.41, 5.74) is 0.526. The maximum absolute atomic E-state index is 13.5. The molecule has 1 saturated carbocycles. The molecule has 0 aliphatic heterocycles. The fourth-order valence-electron chi connectivity index (χ4n) is 3.06. The van der Waals surface area contributed by atoms with E-state index in [1.54, 1.807) is 28.8 Å². The summed E-state index contributed by atoms with van der Waals surface area (Å²) >= 11 is 0. The van der Waals surface area contributed by atoms with Crippen LogP contribution in [0.5, 0.6) is 0 Å². The van der Waals surface area contributed by atoms with E-state index >= 15 is 0 Å². The first-order valence-electron chi connectivity index (χ1n) is 8.34. The van der Waals surface area contributed by atoms with Crippen molar-refractivity contribution in [3.05, 3.63) is 71.8 Å². The van der Waals surface area contributed by atoms with Crippen LogP contribution in [0.4, 0.5) is 13.2 Å². The Morgan fingerprint density at radius 3 is 2.46 bits per heavy atom. The zero-order chi connectivity index (χ0) is 18.3. The van der Waals surface area contributed by atoms with Crippen molar-refractivity contribution in [3.8, 4) is 0 Å². The van der Waals surface area contributed by atoms with Gasteiger partial charge in [0.2, 0.25) is 0 Å². The molecule has 1 N–H and O–H groups in total. The zero-order valence-corrected chi connectivity index (χ0v) is 13.7. The maximum Gasteiger partial charge on any atom is 0.412 e. The summed E-state index contributed by atoms with van der Waals surface area (Å²) in [6.07, 6.45) is -0.869. The smallest absolute Gasteiger partial charge is 0.335 e. The van der Waals surface area contributed by atoms with Crippen molar-refractivity contribution in [2.75, 3.05) is 0 Å². The number of hydrogen-bond acceptors (Lipinski definition) is 2. The Balaban J connectivity index is 1.70. The number of pyridine rings is 1. The Bertz CT molecular complexity index is 946. The number of carbonyl (C=O) groups is 1. The van der Waals surface area contributed by atoms with Crippen LogP contribution in [0.3, 0.4) is 0 Å². The molecule has 0 spiro atoms. The van der Waals surface area contributed by atoms with Crippen molar-refractivity contribution in [2.24, 2.45) is 0 Å². The van der Waals surface area contributed by atoms with Gasteiger partial charge in [-0.05, 0) is 30.5 Å². The first-order chi connectivity index (χ1) is 12.4. The molecular weight excluding hydrogens is 343 g/mol. The molecule has 4 nitrogen and oxygen atoms in total. The standard InChI is InChI=1S/C19H16F3N3O/c20-19(21,22)16(12-6-2-1-3-7-12)24-18(26)15-14-8-4-5-11-25(14)17(23-15)13-9-10-13/h1-8,11,13,16H,9-10H2,(H,24,26). The van der Waals surface area contributed by atoms with Crippen LogP contribution in [-0.2, 0) is 0 Å². The number of fused-ring (bicyclic) bond motifs is 1. The zero-order valence-electron chi connectivity index (χ0n) is 13.7. The lowest BCUT2D eigenvalue weighted by Crippen LogP contribution is -2.38. The monoisotopic (exact) mass is 359 g/mol. The number of imidazole rings is 1. The summed E-state index contributed by atoms with van der Waals surface area (Å²) < 4.78 is 42.3. The van der Waals surface area contributed by atoms with E-state index in [1.807, 2.05) is 6.07 Å². The topological polar surface area (TPSA) is 46.4 Å². The van der Waals surface area contributed by atoms with E-state index < -0.39 is 18.1 Å². The third-order valence-corrected chi connectivity index (χ3v) is 4.47. The van der Waals surface area contributed by atoms with E-state index in [-0.39, 0.29) is 17.2 Å². The Morgan fingerprint density at radius 1 is 1.12 bits per heavy atom. The molecular formula is C19H16F3N3O. The Labute approximate surface area is 147 Å². The Kier molecular flexibility index (Phi) is 3.94. The molecule has 1 unspecified atom stereocenters. The third-order valence-electron chi connectivity index (χ3n) is 4.47. The van der Waals surface area contributed by atoms with Crippen LogP contribution in [0.1, 0.15) is 46.7 Å². The normalized spacial score (nSPS) is 15.8. The van der Waals surface area contributed by atoms with Gasteiger partial charge in [-0.15, -0.1) is 0 Å². The van der Waals surface area contributed by atoms with Crippen LogP contribution in [0, 0.1) is 0 Å². The number of nitrogens with zero attached hydrogens (tertiary/aromatic N) is 2. The van der Waals surface area contributed by atoms with E-state index in [2.05, 4.69) is 10.3 Å². The van der Waals surface area contributed by atoms with E-state index in [0.717, 1.165) is 18.7 Å². The van der Waals surface area contributed by atoms with Gasteiger partial charge >= 0.3 is 6.18 Å². The molecule has 2 heterocycles. The van der Waals surface area contributed by atoms with Crippen LogP contribution in [0.25, 0.3) is 5.52 Å². The second-order valence-electron chi connectivity index (χ2n) is 6.41. The maximum atomic E-state index is 13.5. The SMILES string of the molecule is O=C(NC(c1ccccc1)C(F)(F)F)c1nc(C2CC2)n2ccccc12. The average Bonchev–Trinajstić information content (AvgIpc) is 3.39. The van der Waals surface area contributed by atoms with Crippen molar-refractivity contribution in [3.63, 3.8) is 0 Å². The molecule has 4 rings (SSSR count). The second-order valence-corrected chi connectivity index (χ2v) is 6.41. The fraction of sp³-hybridized carbons (Fsp3) is 0.263. The molecule has 0 bridgehead atoms. The summed E-state index contributed by atoms with van der Waals surface area (Å²) in [5.74, 6) is 0.166. The lowest BCUT2D eigenvalue weighted by molar-refractivity contribution is -0.155. The molecule has 0 radical (unpaired) electrons. The van der Waals surface area contributed by atoms with Crippen molar-refractivity contribution < 1.29 is 18.0 Å². The predicted octanol–water partition coefficient (Wildman–Crippen LogP) is 4.25. The Morgan fingerprint density at radius 2 is 1.81 bits per heavy atom. The molecule has 1 aromatic carbocycles. The highest BCUT2D eigenvalue weighted by atomic mass is 19.4. The van der Waals surface area contributed by atoms with Gasteiger partial charge < -0.3 is 9.72 Å². The molecule has 1 aliphatic rings. The molecule has 7 heteroatoms. The number of nitrogens with one attached hydrogen (secondary N) is 1. The van der Waals surface area contributed by atoms with Gasteiger partial charge in [0.1, 0.15) is 5.82 Å². The van der Waals surface area contributed by atoms with Gasteiger partial charge in [-0.1, -0.05) is 36.4 Å². The largest absolute Gasteiger partial charge is 0.412 e. The molecule has 134 valence electrons. The Hall–Kier alpha value is -2.83. The number of rotatable bonds is 4. The highest BCUT2D eigenvalue weighted by Gasteiger charge is 2.42.